The van der Waals surface area contributed by atoms with Gasteiger partial charge in [-0.1, -0.05) is 12.1 Å². The summed E-state index contributed by atoms with van der Waals surface area (Å²) in [6.07, 6.45) is 6.09. The lowest BCUT2D eigenvalue weighted by Crippen LogP contribution is -2.00. The van der Waals surface area contributed by atoms with Gasteiger partial charge in [0, 0.05) is 30.7 Å². The number of hydrogen-bond acceptors (Lipinski definition) is 2. The third-order valence-corrected chi connectivity index (χ3v) is 2.94. The highest BCUT2D eigenvalue weighted by atomic mass is 35.5. The molecular formula is C13H13ClN2. The van der Waals surface area contributed by atoms with Gasteiger partial charge in [-0.15, -0.1) is 11.6 Å². The van der Waals surface area contributed by atoms with Crippen LogP contribution in [-0.2, 0) is 6.42 Å². The van der Waals surface area contributed by atoms with Gasteiger partial charge in [0.2, 0.25) is 0 Å². The second-order valence-electron chi connectivity index (χ2n) is 3.73. The van der Waals surface area contributed by atoms with Gasteiger partial charge in [0.05, 0.1) is 5.38 Å². The van der Waals surface area contributed by atoms with Crippen molar-refractivity contribution in [3.05, 3.63) is 59.7 Å². The van der Waals surface area contributed by atoms with Crippen molar-refractivity contribution in [3.8, 4) is 0 Å². The Morgan fingerprint density at radius 2 is 2.06 bits per heavy atom. The van der Waals surface area contributed by atoms with Crippen molar-refractivity contribution < 1.29 is 0 Å². The molecule has 0 aliphatic heterocycles. The molecule has 0 saturated carbocycles. The maximum Gasteiger partial charge on any atom is 0.0655 e. The number of aryl methyl sites for hydroxylation is 1. The average Bonchev–Trinajstić information content (AvgIpc) is 2.33. The fourth-order valence-corrected chi connectivity index (χ4v) is 1.86. The Balaban J connectivity index is 2.14. The number of pyridine rings is 2. The molecule has 0 fully saturated rings. The Morgan fingerprint density at radius 1 is 1.25 bits per heavy atom. The molecule has 2 rings (SSSR count). The Morgan fingerprint density at radius 3 is 2.75 bits per heavy atom. The van der Waals surface area contributed by atoms with Crippen LogP contribution in [0.25, 0.3) is 0 Å². The van der Waals surface area contributed by atoms with Gasteiger partial charge < -0.3 is 0 Å². The molecule has 0 bridgehead atoms. The molecule has 2 aromatic heterocycles. The molecule has 2 nitrogen and oxygen atoms in total. The van der Waals surface area contributed by atoms with E-state index in [2.05, 4.69) is 23.0 Å². The van der Waals surface area contributed by atoms with Gasteiger partial charge in [-0.05, 0) is 30.2 Å². The maximum atomic E-state index is 6.33. The second-order valence-corrected chi connectivity index (χ2v) is 4.25. The molecule has 0 amide bonds. The first-order valence-corrected chi connectivity index (χ1v) is 5.65. The van der Waals surface area contributed by atoms with Crippen LogP contribution in [0.1, 0.15) is 22.2 Å². The number of halogens is 1. The molecule has 0 N–H and O–H groups in total. The maximum absolute atomic E-state index is 6.33. The van der Waals surface area contributed by atoms with E-state index >= 15 is 0 Å². The van der Waals surface area contributed by atoms with E-state index in [1.807, 2.05) is 18.2 Å². The molecule has 0 aromatic carbocycles. The van der Waals surface area contributed by atoms with Crippen LogP contribution in [0.5, 0.6) is 0 Å². The predicted molar refractivity (Wildman–Crippen MR) is 65.5 cm³/mol. The molecule has 0 aliphatic rings. The molecule has 0 spiro atoms. The van der Waals surface area contributed by atoms with Gasteiger partial charge in [-0.3, -0.25) is 9.97 Å². The van der Waals surface area contributed by atoms with Gasteiger partial charge in [-0.2, -0.15) is 0 Å². The van der Waals surface area contributed by atoms with Crippen LogP contribution in [0.3, 0.4) is 0 Å². The van der Waals surface area contributed by atoms with Crippen molar-refractivity contribution in [1.82, 2.24) is 9.97 Å². The summed E-state index contributed by atoms with van der Waals surface area (Å²) < 4.78 is 0. The predicted octanol–water partition coefficient (Wildman–Crippen LogP) is 3.31. The zero-order valence-corrected chi connectivity index (χ0v) is 9.85. The highest BCUT2D eigenvalue weighted by Gasteiger charge is 2.10. The van der Waals surface area contributed by atoms with Crippen LogP contribution in [0.2, 0.25) is 0 Å². The van der Waals surface area contributed by atoms with Gasteiger partial charge in [-0.25, -0.2) is 0 Å². The van der Waals surface area contributed by atoms with Crippen molar-refractivity contribution in [1.29, 1.82) is 0 Å². The quantitative estimate of drug-likeness (QED) is 0.759. The smallest absolute Gasteiger partial charge is 0.0655 e. The van der Waals surface area contributed by atoms with E-state index in [0.29, 0.717) is 0 Å². The lowest BCUT2D eigenvalue weighted by atomic mass is 10.1. The molecule has 3 heteroatoms. The van der Waals surface area contributed by atoms with Crippen molar-refractivity contribution in [2.75, 3.05) is 0 Å². The molecule has 82 valence electrons. The van der Waals surface area contributed by atoms with Gasteiger partial charge in [0.25, 0.3) is 0 Å². The van der Waals surface area contributed by atoms with Crippen LogP contribution in [0, 0.1) is 6.92 Å². The molecule has 2 heterocycles. The number of aromatic nitrogens is 2. The fraction of sp³-hybridized carbons (Fsp3) is 0.231. The SMILES string of the molecule is Cc1cccnc1CC(Cl)c1cccnc1. The third kappa shape index (κ3) is 2.58. The van der Waals surface area contributed by atoms with Gasteiger partial charge >= 0.3 is 0 Å². The highest BCUT2D eigenvalue weighted by molar-refractivity contribution is 6.20. The summed E-state index contributed by atoms with van der Waals surface area (Å²) in [5.41, 5.74) is 3.26. The van der Waals surface area contributed by atoms with Gasteiger partial charge in [0.15, 0.2) is 0 Å². The molecule has 0 radical (unpaired) electrons. The van der Waals surface area contributed by atoms with Crippen LogP contribution in [0.4, 0.5) is 0 Å². The lowest BCUT2D eigenvalue weighted by Gasteiger charge is -2.10. The molecular weight excluding hydrogens is 220 g/mol. The Labute approximate surface area is 100 Å². The van der Waals surface area contributed by atoms with Crippen LogP contribution < -0.4 is 0 Å². The van der Waals surface area contributed by atoms with Gasteiger partial charge in [0.1, 0.15) is 0 Å². The van der Waals surface area contributed by atoms with Crippen molar-refractivity contribution in [2.45, 2.75) is 18.7 Å². The van der Waals surface area contributed by atoms with E-state index in [0.717, 1.165) is 17.7 Å². The van der Waals surface area contributed by atoms with Crippen LogP contribution in [-0.4, -0.2) is 9.97 Å². The third-order valence-electron chi connectivity index (χ3n) is 2.54. The standard InChI is InChI=1S/C13H13ClN2/c1-10-4-2-7-16-13(10)8-12(14)11-5-3-6-15-9-11/h2-7,9,12H,8H2,1H3. The molecule has 1 unspecified atom stereocenters. The van der Waals surface area contributed by atoms with E-state index in [1.54, 1.807) is 18.6 Å². The average molecular weight is 233 g/mol. The number of alkyl halides is 1. The van der Waals surface area contributed by atoms with Crippen LogP contribution in [0.15, 0.2) is 42.9 Å². The summed E-state index contributed by atoms with van der Waals surface area (Å²) in [5, 5.41) is -0.0673. The van der Waals surface area contributed by atoms with E-state index in [1.165, 1.54) is 5.56 Å². The van der Waals surface area contributed by atoms with Crippen molar-refractivity contribution in [3.63, 3.8) is 0 Å². The Hall–Kier alpha value is -1.41. The summed E-state index contributed by atoms with van der Waals surface area (Å²) in [6.45, 7) is 2.05. The molecule has 1 atom stereocenters. The summed E-state index contributed by atoms with van der Waals surface area (Å²) in [6, 6.07) is 7.88. The van der Waals surface area contributed by atoms with E-state index in [-0.39, 0.29) is 5.38 Å². The summed E-state index contributed by atoms with van der Waals surface area (Å²) in [7, 11) is 0. The number of nitrogens with zero attached hydrogens (tertiary/aromatic N) is 2. The Kier molecular flexibility index (Phi) is 3.52. The summed E-state index contributed by atoms with van der Waals surface area (Å²) in [5.74, 6) is 0. The highest BCUT2D eigenvalue weighted by Crippen LogP contribution is 2.24. The molecule has 16 heavy (non-hydrogen) atoms. The minimum absolute atomic E-state index is 0.0673. The largest absolute Gasteiger partial charge is 0.264 e. The van der Waals surface area contributed by atoms with E-state index in [9.17, 15) is 0 Å². The van der Waals surface area contributed by atoms with E-state index < -0.39 is 0 Å². The second kappa shape index (κ2) is 5.08. The first kappa shape index (κ1) is 11.1. The number of rotatable bonds is 3. The normalized spacial score (nSPS) is 12.4. The van der Waals surface area contributed by atoms with Crippen molar-refractivity contribution in [2.24, 2.45) is 0 Å². The topological polar surface area (TPSA) is 25.8 Å². The van der Waals surface area contributed by atoms with E-state index in [4.69, 9.17) is 11.6 Å². The molecule has 2 aromatic rings. The monoisotopic (exact) mass is 232 g/mol. The minimum Gasteiger partial charge on any atom is -0.264 e. The molecule has 0 saturated heterocycles. The zero-order valence-electron chi connectivity index (χ0n) is 9.10. The summed E-state index contributed by atoms with van der Waals surface area (Å²) >= 11 is 6.33. The zero-order chi connectivity index (χ0) is 11.4. The number of hydrogen-bond donors (Lipinski definition) is 0. The molecule has 0 aliphatic carbocycles. The lowest BCUT2D eigenvalue weighted by molar-refractivity contribution is 0.864. The Bertz CT molecular complexity index is 456. The fourth-order valence-electron chi connectivity index (χ4n) is 1.58. The van der Waals surface area contributed by atoms with Crippen LogP contribution >= 0.6 is 11.6 Å². The minimum atomic E-state index is -0.0673. The summed E-state index contributed by atoms with van der Waals surface area (Å²) in [4.78, 5) is 8.40. The first-order valence-electron chi connectivity index (χ1n) is 5.22. The first-order chi connectivity index (χ1) is 7.77. The van der Waals surface area contributed by atoms with Crippen molar-refractivity contribution >= 4 is 11.6 Å².